The van der Waals surface area contributed by atoms with Crippen LogP contribution in [-0.4, -0.2) is 31.4 Å². The highest BCUT2D eigenvalue weighted by Crippen LogP contribution is 2.44. The summed E-state index contributed by atoms with van der Waals surface area (Å²) in [6, 6.07) is 15.1. The van der Waals surface area contributed by atoms with E-state index >= 15 is 0 Å². The zero-order chi connectivity index (χ0) is 20.1. The van der Waals surface area contributed by atoms with Crippen LogP contribution in [0.25, 0.3) is 0 Å². The average Bonchev–Trinajstić information content (AvgIpc) is 3.08. The molecule has 148 valence electrons. The molecule has 1 saturated heterocycles. The first kappa shape index (κ1) is 19.8. The van der Waals surface area contributed by atoms with Gasteiger partial charge in [0.05, 0.1) is 10.5 Å². The second-order valence-electron chi connectivity index (χ2n) is 8.10. The van der Waals surface area contributed by atoms with Crippen molar-refractivity contribution in [2.45, 2.75) is 37.4 Å². The lowest BCUT2D eigenvalue weighted by Gasteiger charge is -2.39. The Bertz CT molecular complexity index is 1010. The molecule has 0 aromatic heterocycles. The van der Waals surface area contributed by atoms with Crippen LogP contribution >= 0.6 is 15.9 Å². The van der Waals surface area contributed by atoms with Gasteiger partial charge < -0.3 is 4.74 Å². The van der Waals surface area contributed by atoms with Crippen molar-refractivity contribution in [1.29, 1.82) is 0 Å². The highest BCUT2D eigenvalue weighted by molar-refractivity contribution is 9.10. The maximum absolute atomic E-state index is 13.1. The second kappa shape index (κ2) is 7.10. The SMILES string of the molecule is Cc1ccc(S(=O)(=O)N2CC3=C[C@@H](c4ccc(Br)cc4)OC(C)(C)[C@@H]3C2)cc1. The molecule has 0 unspecified atom stereocenters. The van der Waals surface area contributed by atoms with Crippen molar-refractivity contribution in [1.82, 2.24) is 4.31 Å². The third-order valence-corrected chi connectivity index (χ3v) is 8.04. The molecule has 4 nitrogen and oxygen atoms in total. The number of hydrogen-bond acceptors (Lipinski definition) is 3. The monoisotopic (exact) mass is 461 g/mol. The van der Waals surface area contributed by atoms with Gasteiger partial charge >= 0.3 is 0 Å². The molecule has 0 radical (unpaired) electrons. The maximum atomic E-state index is 13.1. The number of benzene rings is 2. The smallest absolute Gasteiger partial charge is 0.243 e. The van der Waals surface area contributed by atoms with Crippen LogP contribution in [0, 0.1) is 12.8 Å². The summed E-state index contributed by atoms with van der Waals surface area (Å²) in [4.78, 5) is 0.348. The van der Waals surface area contributed by atoms with Crippen LogP contribution < -0.4 is 0 Å². The van der Waals surface area contributed by atoms with Gasteiger partial charge in [0.2, 0.25) is 10.0 Å². The molecule has 4 rings (SSSR count). The van der Waals surface area contributed by atoms with Gasteiger partial charge in [0.1, 0.15) is 6.10 Å². The zero-order valence-electron chi connectivity index (χ0n) is 16.2. The molecule has 0 saturated carbocycles. The van der Waals surface area contributed by atoms with E-state index in [9.17, 15) is 8.42 Å². The number of ether oxygens (including phenoxy) is 1. The van der Waals surface area contributed by atoms with E-state index in [0.29, 0.717) is 18.0 Å². The lowest BCUT2D eigenvalue weighted by molar-refractivity contribution is -0.0889. The Hall–Kier alpha value is -1.47. The molecular formula is C22H24BrNO3S. The molecule has 0 amide bonds. The molecule has 0 N–H and O–H groups in total. The van der Waals surface area contributed by atoms with Crippen LogP contribution in [0.1, 0.15) is 31.1 Å². The van der Waals surface area contributed by atoms with Crippen LogP contribution in [0.4, 0.5) is 0 Å². The second-order valence-corrected chi connectivity index (χ2v) is 11.0. The van der Waals surface area contributed by atoms with Gasteiger partial charge in [-0.25, -0.2) is 8.42 Å². The van der Waals surface area contributed by atoms with E-state index in [-0.39, 0.29) is 12.0 Å². The van der Waals surface area contributed by atoms with E-state index in [0.717, 1.165) is 21.2 Å². The van der Waals surface area contributed by atoms with Gasteiger partial charge in [-0.05, 0) is 56.2 Å². The largest absolute Gasteiger partial charge is 0.363 e. The van der Waals surface area contributed by atoms with Crippen LogP contribution in [-0.2, 0) is 14.8 Å². The molecule has 0 bridgehead atoms. The highest BCUT2D eigenvalue weighted by atomic mass is 79.9. The van der Waals surface area contributed by atoms with E-state index in [1.54, 1.807) is 16.4 Å². The van der Waals surface area contributed by atoms with E-state index in [2.05, 4.69) is 35.9 Å². The van der Waals surface area contributed by atoms with Crippen molar-refractivity contribution in [2.24, 2.45) is 5.92 Å². The van der Waals surface area contributed by atoms with Gasteiger partial charge in [0.25, 0.3) is 0 Å². The molecule has 2 heterocycles. The van der Waals surface area contributed by atoms with Gasteiger partial charge in [-0.2, -0.15) is 4.31 Å². The molecule has 0 spiro atoms. The first-order chi connectivity index (χ1) is 13.2. The van der Waals surface area contributed by atoms with Gasteiger partial charge in [-0.1, -0.05) is 51.8 Å². The fraction of sp³-hybridized carbons (Fsp3) is 0.364. The van der Waals surface area contributed by atoms with E-state index in [4.69, 9.17) is 4.74 Å². The molecule has 2 aromatic carbocycles. The van der Waals surface area contributed by atoms with E-state index < -0.39 is 15.6 Å². The fourth-order valence-corrected chi connectivity index (χ4v) is 5.74. The molecular weight excluding hydrogens is 438 g/mol. The third kappa shape index (κ3) is 3.59. The predicted octanol–water partition coefficient (Wildman–Crippen LogP) is 4.85. The number of fused-ring (bicyclic) bond motifs is 1. The molecule has 2 aliphatic rings. The Morgan fingerprint density at radius 3 is 2.36 bits per heavy atom. The van der Waals surface area contributed by atoms with Crippen molar-refractivity contribution >= 4 is 26.0 Å². The van der Waals surface area contributed by atoms with E-state index in [1.807, 2.05) is 43.3 Å². The minimum Gasteiger partial charge on any atom is -0.363 e. The summed E-state index contributed by atoms with van der Waals surface area (Å²) in [5.74, 6) is 0.0550. The van der Waals surface area contributed by atoms with Crippen molar-refractivity contribution < 1.29 is 13.2 Å². The Kier molecular flexibility index (Phi) is 5.02. The fourth-order valence-electron chi connectivity index (χ4n) is 4.03. The first-order valence-electron chi connectivity index (χ1n) is 9.37. The Morgan fingerprint density at radius 1 is 1.07 bits per heavy atom. The van der Waals surface area contributed by atoms with E-state index in [1.165, 1.54) is 0 Å². The Balaban J connectivity index is 1.65. The molecule has 0 aliphatic carbocycles. The number of nitrogens with zero attached hydrogens (tertiary/aromatic N) is 1. The lowest BCUT2D eigenvalue weighted by Crippen LogP contribution is -2.41. The highest BCUT2D eigenvalue weighted by Gasteiger charge is 2.47. The summed E-state index contributed by atoms with van der Waals surface area (Å²) in [6.45, 7) is 6.92. The normalized spacial score (nSPS) is 24.6. The first-order valence-corrected chi connectivity index (χ1v) is 11.6. The van der Waals surface area contributed by atoms with Crippen molar-refractivity contribution in [3.8, 4) is 0 Å². The molecule has 2 aromatic rings. The number of hydrogen-bond donors (Lipinski definition) is 0. The summed E-state index contributed by atoms with van der Waals surface area (Å²) < 4.78 is 35.3. The summed E-state index contributed by atoms with van der Waals surface area (Å²) in [7, 11) is -3.52. The number of halogens is 1. The molecule has 28 heavy (non-hydrogen) atoms. The third-order valence-electron chi connectivity index (χ3n) is 5.69. The average molecular weight is 462 g/mol. The van der Waals surface area contributed by atoms with Crippen LogP contribution in [0.15, 0.2) is 69.5 Å². The quantitative estimate of drug-likeness (QED) is 0.613. The zero-order valence-corrected chi connectivity index (χ0v) is 18.6. The van der Waals surface area contributed by atoms with Gasteiger partial charge in [-0.15, -0.1) is 0 Å². The van der Waals surface area contributed by atoms with Crippen LogP contribution in [0.3, 0.4) is 0 Å². The summed E-state index contributed by atoms with van der Waals surface area (Å²) in [5.41, 5.74) is 2.81. The molecule has 2 atom stereocenters. The topological polar surface area (TPSA) is 46.6 Å². The van der Waals surface area contributed by atoms with Crippen LogP contribution in [0.5, 0.6) is 0 Å². The summed E-state index contributed by atoms with van der Waals surface area (Å²) in [6.07, 6.45) is 1.93. The standard InChI is InChI=1S/C22H24BrNO3S/c1-15-4-10-19(11-5-15)28(25,26)24-13-17-12-21(16-6-8-18(23)9-7-16)27-22(2,3)20(17)14-24/h4-12,20-21H,13-14H2,1-3H3/t20-,21+/m1/s1. The lowest BCUT2D eigenvalue weighted by atomic mass is 9.82. The minimum absolute atomic E-state index is 0.0550. The Morgan fingerprint density at radius 2 is 1.71 bits per heavy atom. The minimum atomic E-state index is -3.52. The summed E-state index contributed by atoms with van der Waals surface area (Å²) in [5, 5.41) is 0. The van der Waals surface area contributed by atoms with Crippen molar-refractivity contribution in [3.63, 3.8) is 0 Å². The molecule has 6 heteroatoms. The number of aryl methyl sites for hydroxylation is 1. The van der Waals surface area contributed by atoms with Crippen LogP contribution in [0.2, 0.25) is 0 Å². The Labute approximate surface area is 175 Å². The number of rotatable bonds is 3. The predicted molar refractivity (Wildman–Crippen MR) is 114 cm³/mol. The molecule has 1 fully saturated rings. The number of sulfonamides is 1. The van der Waals surface area contributed by atoms with Crippen molar-refractivity contribution in [3.05, 3.63) is 75.8 Å². The van der Waals surface area contributed by atoms with Crippen molar-refractivity contribution in [2.75, 3.05) is 13.1 Å². The van der Waals surface area contributed by atoms with Gasteiger partial charge in [0.15, 0.2) is 0 Å². The maximum Gasteiger partial charge on any atom is 0.243 e. The van der Waals surface area contributed by atoms with Gasteiger partial charge in [-0.3, -0.25) is 0 Å². The molecule has 2 aliphatic heterocycles. The van der Waals surface area contributed by atoms with Gasteiger partial charge in [0, 0.05) is 23.5 Å². The summed E-state index contributed by atoms with van der Waals surface area (Å²) >= 11 is 3.46.